The fraction of sp³-hybridized carbons (Fsp3) is 0.200. The molecule has 5 heteroatoms. The van der Waals surface area contributed by atoms with Crippen LogP contribution >= 0.6 is 0 Å². The van der Waals surface area contributed by atoms with Gasteiger partial charge in [0.05, 0.1) is 5.52 Å². The molecule has 15 heavy (non-hydrogen) atoms. The summed E-state index contributed by atoms with van der Waals surface area (Å²) in [5, 5.41) is 0.644. The number of alkyl halides is 3. The van der Waals surface area contributed by atoms with E-state index in [1.54, 1.807) is 31.2 Å². The molecular formula is C10H7F3N2. The molecule has 2 nitrogen and oxygen atoms in total. The maximum atomic E-state index is 12.4. The van der Waals surface area contributed by atoms with Gasteiger partial charge in [-0.2, -0.15) is 13.2 Å². The summed E-state index contributed by atoms with van der Waals surface area (Å²) >= 11 is 0. The lowest BCUT2D eigenvalue weighted by Gasteiger charge is -2.07. The van der Waals surface area contributed by atoms with Crippen LogP contribution in [0.5, 0.6) is 0 Å². The van der Waals surface area contributed by atoms with Crippen molar-refractivity contribution in [3.8, 4) is 0 Å². The first kappa shape index (κ1) is 9.89. The van der Waals surface area contributed by atoms with Crippen LogP contribution in [0.3, 0.4) is 0 Å². The molecule has 0 fully saturated rings. The van der Waals surface area contributed by atoms with E-state index in [1.807, 2.05) is 0 Å². The Labute approximate surface area is 83.8 Å². The van der Waals surface area contributed by atoms with E-state index in [9.17, 15) is 13.2 Å². The number of aromatic nitrogens is 2. The van der Waals surface area contributed by atoms with Crippen LogP contribution in [-0.4, -0.2) is 9.97 Å². The molecule has 1 heterocycles. The molecule has 0 spiro atoms. The van der Waals surface area contributed by atoms with Gasteiger partial charge in [0, 0.05) is 11.1 Å². The third-order valence-electron chi connectivity index (χ3n) is 2.05. The third-order valence-corrected chi connectivity index (χ3v) is 2.05. The summed E-state index contributed by atoms with van der Waals surface area (Å²) in [5.41, 5.74) is 0.658. The number of fused-ring (bicyclic) bond motifs is 1. The average molecular weight is 212 g/mol. The van der Waals surface area contributed by atoms with Gasteiger partial charge in [0.15, 0.2) is 0 Å². The molecule has 0 aliphatic rings. The Morgan fingerprint density at radius 2 is 1.73 bits per heavy atom. The highest BCUT2D eigenvalue weighted by molar-refractivity contribution is 5.80. The SMILES string of the molecule is Cc1nc(C(F)(F)F)nc2ccccc12. The fourth-order valence-corrected chi connectivity index (χ4v) is 1.36. The fourth-order valence-electron chi connectivity index (χ4n) is 1.36. The zero-order valence-corrected chi connectivity index (χ0v) is 7.84. The zero-order chi connectivity index (χ0) is 11.1. The van der Waals surface area contributed by atoms with Crippen LogP contribution < -0.4 is 0 Å². The predicted octanol–water partition coefficient (Wildman–Crippen LogP) is 2.96. The van der Waals surface area contributed by atoms with Crippen molar-refractivity contribution in [2.45, 2.75) is 13.1 Å². The summed E-state index contributed by atoms with van der Waals surface area (Å²) in [6.45, 7) is 1.54. The van der Waals surface area contributed by atoms with Gasteiger partial charge in [-0.3, -0.25) is 0 Å². The van der Waals surface area contributed by atoms with Crippen LogP contribution in [0.25, 0.3) is 10.9 Å². The highest BCUT2D eigenvalue weighted by Crippen LogP contribution is 2.28. The number of hydrogen-bond acceptors (Lipinski definition) is 2. The molecule has 0 N–H and O–H groups in total. The number of halogens is 3. The third kappa shape index (κ3) is 1.77. The lowest BCUT2D eigenvalue weighted by molar-refractivity contribution is -0.144. The monoisotopic (exact) mass is 212 g/mol. The Hall–Kier alpha value is -1.65. The van der Waals surface area contributed by atoms with Gasteiger partial charge in [-0.05, 0) is 13.0 Å². The van der Waals surface area contributed by atoms with Crippen molar-refractivity contribution < 1.29 is 13.2 Å². The minimum Gasteiger partial charge on any atom is -0.229 e. The van der Waals surface area contributed by atoms with Crippen LogP contribution in [0, 0.1) is 6.92 Å². The first-order valence-corrected chi connectivity index (χ1v) is 4.29. The van der Waals surface area contributed by atoms with E-state index < -0.39 is 12.0 Å². The standard InChI is InChI=1S/C10H7F3N2/c1-6-7-4-2-3-5-8(7)15-9(14-6)10(11,12)13/h2-5H,1H3. The van der Waals surface area contributed by atoms with Crippen molar-refractivity contribution in [3.63, 3.8) is 0 Å². The van der Waals surface area contributed by atoms with E-state index in [0.717, 1.165) is 0 Å². The van der Waals surface area contributed by atoms with Gasteiger partial charge in [-0.15, -0.1) is 0 Å². The van der Waals surface area contributed by atoms with E-state index in [-0.39, 0.29) is 0 Å². The minimum absolute atomic E-state index is 0.317. The zero-order valence-electron chi connectivity index (χ0n) is 7.84. The Kier molecular flexibility index (Phi) is 2.10. The highest BCUT2D eigenvalue weighted by Gasteiger charge is 2.35. The number of aryl methyl sites for hydroxylation is 1. The van der Waals surface area contributed by atoms with Gasteiger partial charge in [0.1, 0.15) is 0 Å². The molecule has 0 bridgehead atoms. The predicted molar refractivity (Wildman–Crippen MR) is 49.3 cm³/mol. The summed E-state index contributed by atoms with van der Waals surface area (Å²) < 4.78 is 37.1. The Morgan fingerprint density at radius 3 is 2.40 bits per heavy atom. The van der Waals surface area contributed by atoms with Gasteiger partial charge < -0.3 is 0 Å². The van der Waals surface area contributed by atoms with Crippen molar-refractivity contribution in [2.75, 3.05) is 0 Å². The summed E-state index contributed by atoms with van der Waals surface area (Å²) in [5.74, 6) is -1.08. The molecule has 1 aromatic carbocycles. The molecule has 0 unspecified atom stereocenters. The first-order valence-electron chi connectivity index (χ1n) is 4.29. The number of para-hydroxylation sites is 1. The summed E-state index contributed by atoms with van der Waals surface area (Å²) in [6.07, 6.45) is -4.49. The lowest BCUT2D eigenvalue weighted by atomic mass is 10.2. The summed E-state index contributed by atoms with van der Waals surface area (Å²) in [4.78, 5) is 6.91. The molecule has 1 aromatic heterocycles. The largest absolute Gasteiger partial charge is 0.451 e. The quantitative estimate of drug-likeness (QED) is 0.670. The second kappa shape index (κ2) is 3.18. The number of benzene rings is 1. The van der Waals surface area contributed by atoms with Crippen LogP contribution in [0.1, 0.15) is 11.5 Å². The molecule has 0 saturated carbocycles. The Morgan fingerprint density at radius 1 is 1.07 bits per heavy atom. The van der Waals surface area contributed by atoms with Crippen LogP contribution in [0.15, 0.2) is 24.3 Å². The molecule has 78 valence electrons. The van der Waals surface area contributed by atoms with E-state index in [0.29, 0.717) is 16.6 Å². The molecule has 2 rings (SSSR count). The van der Waals surface area contributed by atoms with E-state index in [4.69, 9.17) is 0 Å². The molecule has 0 saturated heterocycles. The number of nitrogens with zero attached hydrogens (tertiary/aromatic N) is 2. The molecular weight excluding hydrogens is 205 g/mol. The van der Waals surface area contributed by atoms with Crippen molar-refractivity contribution in [2.24, 2.45) is 0 Å². The van der Waals surface area contributed by atoms with Crippen molar-refractivity contribution in [1.29, 1.82) is 0 Å². The highest BCUT2D eigenvalue weighted by atomic mass is 19.4. The maximum absolute atomic E-state index is 12.4. The van der Waals surface area contributed by atoms with Crippen molar-refractivity contribution in [3.05, 3.63) is 35.8 Å². The molecule has 0 amide bonds. The Bertz CT molecular complexity index is 505. The smallest absolute Gasteiger partial charge is 0.229 e. The summed E-state index contributed by atoms with van der Waals surface area (Å²) in [6, 6.07) is 6.63. The number of hydrogen-bond donors (Lipinski definition) is 0. The second-order valence-electron chi connectivity index (χ2n) is 3.15. The van der Waals surface area contributed by atoms with Gasteiger partial charge in [-0.25, -0.2) is 9.97 Å². The molecule has 2 aromatic rings. The van der Waals surface area contributed by atoms with Crippen LogP contribution in [0.2, 0.25) is 0 Å². The summed E-state index contributed by atoms with van der Waals surface area (Å²) in [7, 11) is 0. The van der Waals surface area contributed by atoms with E-state index >= 15 is 0 Å². The van der Waals surface area contributed by atoms with E-state index in [1.165, 1.54) is 0 Å². The molecule has 0 atom stereocenters. The normalized spacial score (nSPS) is 12.0. The Balaban J connectivity index is 2.73. The van der Waals surface area contributed by atoms with Crippen molar-refractivity contribution in [1.82, 2.24) is 9.97 Å². The maximum Gasteiger partial charge on any atom is 0.451 e. The molecule has 0 aliphatic carbocycles. The average Bonchev–Trinajstić information content (AvgIpc) is 2.16. The van der Waals surface area contributed by atoms with Gasteiger partial charge in [-0.1, -0.05) is 18.2 Å². The van der Waals surface area contributed by atoms with Gasteiger partial charge >= 0.3 is 6.18 Å². The van der Waals surface area contributed by atoms with Crippen LogP contribution in [-0.2, 0) is 6.18 Å². The van der Waals surface area contributed by atoms with E-state index in [2.05, 4.69) is 9.97 Å². The van der Waals surface area contributed by atoms with Gasteiger partial charge in [0.2, 0.25) is 5.82 Å². The molecule has 0 radical (unpaired) electrons. The van der Waals surface area contributed by atoms with Crippen molar-refractivity contribution >= 4 is 10.9 Å². The first-order chi connectivity index (χ1) is 6.98. The number of rotatable bonds is 0. The topological polar surface area (TPSA) is 25.8 Å². The van der Waals surface area contributed by atoms with Crippen LogP contribution in [0.4, 0.5) is 13.2 Å². The second-order valence-corrected chi connectivity index (χ2v) is 3.15. The van der Waals surface area contributed by atoms with Gasteiger partial charge in [0.25, 0.3) is 0 Å². The molecule has 0 aliphatic heterocycles. The minimum atomic E-state index is -4.49. The lowest BCUT2D eigenvalue weighted by Crippen LogP contribution is -2.11.